The zero-order valence-corrected chi connectivity index (χ0v) is 13.4. The van der Waals surface area contributed by atoms with Crippen LogP contribution in [0.15, 0.2) is 42.5 Å². The number of nitriles is 1. The molecule has 0 N–H and O–H groups in total. The van der Waals surface area contributed by atoms with Gasteiger partial charge in [-0.25, -0.2) is 0 Å². The first kappa shape index (κ1) is 15.5. The van der Waals surface area contributed by atoms with E-state index in [-0.39, 0.29) is 0 Å². The second-order valence-electron chi connectivity index (χ2n) is 6.22. The number of hydrogen-bond donors (Lipinski definition) is 0. The summed E-state index contributed by atoms with van der Waals surface area (Å²) in [4.78, 5) is 2.31. The van der Waals surface area contributed by atoms with Crippen LogP contribution in [0.2, 0.25) is 0 Å². The molecule has 0 amide bonds. The molecule has 0 bridgehead atoms. The molecule has 4 nitrogen and oxygen atoms in total. The van der Waals surface area contributed by atoms with Crippen molar-refractivity contribution in [2.24, 2.45) is 5.92 Å². The summed E-state index contributed by atoms with van der Waals surface area (Å²) >= 11 is 0. The smallest absolute Gasteiger partial charge is 0.163 e. The minimum absolute atomic E-state index is 0.380. The van der Waals surface area contributed by atoms with Crippen LogP contribution in [0.3, 0.4) is 0 Å². The number of nitrogens with zero attached hydrogens (tertiary/aromatic N) is 4. The Balaban J connectivity index is 1.50. The third-order valence-electron chi connectivity index (χ3n) is 4.53. The summed E-state index contributed by atoms with van der Waals surface area (Å²) in [5, 5.41) is 16.9. The molecule has 1 fully saturated rings. The number of piperidine rings is 1. The molecule has 2 aromatic rings. The molecule has 1 aliphatic heterocycles. The number of hydrogen-bond acceptors (Lipinski definition) is 4. The molecule has 3 rings (SSSR count). The average molecular weight is 306 g/mol. The van der Waals surface area contributed by atoms with E-state index in [1.165, 1.54) is 31.2 Å². The Kier molecular flexibility index (Phi) is 5.21. The summed E-state index contributed by atoms with van der Waals surface area (Å²) in [7, 11) is 0. The zero-order chi connectivity index (χ0) is 15.9. The topological polar surface area (TPSA) is 52.8 Å². The van der Waals surface area contributed by atoms with E-state index in [0.717, 1.165) is 31.2 Å². The maximum Gasteiger partial charge on any atom is 0.163 e. The predicted molar refractivity (Wildman–Crippen MR) is 91.1 cm³/mol. The van der Waals surface area contributed by atoms with Crippen LogP contribution in [0.25, 0.3) is 0 Å². The number of aromatic nitrogens is 2. The van der Waals surface area contributed by atoms with E-state index in [1.807, 2.05) is 12.1 Å². The maximum atomic E-state index is 8.81. The van der Waals surface area contributed by atoms with Gasteiger partial charge in [0, 0.05) is 13.1 Å². The van der Waals surface area contributed by atoms with Gasteiger partial charge in [-0.3, -0.25) is 0 Å². The van der Waals surface area contributed by atoms with Gasteiger partial charge in [0.2, 0.25) is 0 Å². The van der Waals surface area contributed by atoms with Gasteiger partial charge in [0.15, 0.2) is 11.5 Å². The highest BCUT2D eigenvalue weighted by Gasteiger charge is 2.20. The van der Waals surface area contributed by atoms with Crippen molar-refractivity contribution in [3.8, 4) is 6.07 Å². The van der Waals surface area contributed by atoms with Crippen LogP contribution >= 0.6 is 0 Å². The van der Waals surface area contributed by atoms with Gasteiger partial charge in [-0.05, 0) is 55.7 Å². The van der Waals surface area contributed by atoms with E-state index >= 15 is 0 Å². The molecular weight excluding hydrogens is 284 g/mol. The Hall–Kier alpha value is -2.41. The van der Waals surface area contributed by atoms with Crippen molar-refractivity contribution in [1.29, 1.82) is 5.26 Å². The predicted octanol–water partition coefficient (Wildman–Crippen LogP) is 3.59. The lowest BCUT2D eigenvalue weighted by molar-refractivity contribution is 0.380. The molecule has 23 heavy (non-hydrogen) atoms. The van der Waals surface area contributed by atoms with Crippen LogP contribution in [-0.2, 0) is 6.42 Å². The minimum atomic E-state index is 0.380. The SMILES string of the molecule is N#Cc1ccc(N2CCCC(CCCc3ccccc3)C2)nn1. The van der Waals surface area contributed by atoms with Crippen LogP contribution in [-0.4, -0.2) is 23.3 Å². The first-order valence-electron chi connectivity index (χ1n) is 8.38. The van der Waals surface area contributed by atoms with Crippen molar-refractivity contribution in [3.63, 3.8) is 0 Å². The molecule has 0 spiro atoms. The number of benzene rings is 1. The quantitative estimate of drug-likeness (QED) is 0.847. The lowest BCUT2D eigenvalue weighted by Gasteiger charge is -2.33. The minimum Gasteiger partial charge on any atom is -0.355 e. The van der Waals surface area contributed by atoms with Gasteiger partial charge < -0.3 is 4.90 Å². The first-order chi connectivity index (χ1) is 11.3. The summed E-state index contributed by atoms with van der Waals surface area (Å²) < 4.78 is 0. The molecule has 0 saturated carbocycles. The highest BCUT2D eigenvalue weighted by Crippen LogP contribution is 2.25. The molecule has 1 unspecified atom stereocenters. The Morgan fingerprint density at radius 2 is 2.00 bits per heavy atom. The second-order valence-corrected chi connectivity index (χ2v) is 6.22. The highest BCUT2D eigenvalue weighted by molar-refractivity contribution is 5.39. The highest BCUT2D eigenvalue weighted by atomic mass is 15.3. The molecular formula is C19H22N4. The molecule has 1 atom stereocenters. The fraction of sp³-hybridized carbons (Fsp3) is 0.421. The number of anilines is 1. The largest absolute Gasteiger partial charge is 0.355 e. The van der Waals surface area contributed by atoms with Crippen LogP contribution in [0.5, 0.6) is 0 Å². The van der Waals surface area contributed by atoms with E-state index < -0.39 is 0 Å². The van der Waals surface area contributed by atoms with Crippen molar-refractivity contribution in [1.82, 2.24) is 10.2 Å². The van der Waals surface area contributed by atoms with Gasteiger partial charge >= 0.3 is 0 Å². The Morgan fingerprint density at radius 1 is 1.13 bits per heavy atom. The second kappa shape index (κ2) is 7.73. The lowest BCUT2D eigenvalue weighted by Crippen LogP contribution is -2.36. The summed E-state index contributed by atoms with van der Waals surface area (Å²) in [6.07, 6.45) is 6.16. The molecule has 1 saturated heterocycles. The third kappa shape index (κ3) is 4.29. The van der Waals surface area contributed by atoms with E-state index in [1.54, 1.807) is 6.07 Å². The lowest BCUT2D eigenvalue weighted by atomic mass is 9.92. The molecule has 1 aliphatic rings. The van der Waals surface area contributed by atoms with Crippen LogP contribution in [0, 0.1) is 17.2 Å². The molecule has 4 heteroatoms. The summed E-state index contributed by atoms with van der Waals surface area (Å²) in [5.41, 5.74) is 1.81. The fourth-order valence-electron chi connectivity index (χ4n) is 3.30. The molecule has 1 aromatic heterocycles. The summed E-state index contributed by atoms with van der Waals surface area (Å²) in [5.74, 6) is 1.63. The van der Waals surface area contributed by atoms with Gasteiger partial charge in [-0.2, -0.15) is 5.26 Å². The number of aryl methyl sites for hydroxylation is 1. The molecule has 0 radical (unpaired) electrons. The van der Waals surface area contributed by atoms with Gasteiger partial charge in [0.05, 0.1) is 0 Å². The van der Waals surface area contributed by atoms with E-state index in [0.29, 0.717) is 5.69 Å². The Morgan fingerprint density at radius 3 is 2.74 bits per heavy atom. The molecule has 0 aliphatic carbocycles. The monoisotopic (exact) mass is 306 g/mol. The van der Waals surface area contributed by atoms with Crippen molar-refractivity contribution in [2.75, 3.05) is 18.0 Å². The van der Waals surface area contributed by atoms with E-state index in [9.17, 15) is 0 Å². The summed E-state index contributed by atoms with van der Waals surface area (Å²) in [6.45, 7) is 2.09. The average Bonchev–Trinajstić information content (AvgIpc) is 2.63. The van der Waals surface area contributed by atoms with Crippen molar-refractivity contribution in [2.45, 2.75) is 32.1 Å². The van der Waals surface area contributed by atoms with Crippen molar-refractivity contribution in [3.05, 3.63) is 53.7 Å². The van der Waals surface area contributed by atoms with Gasteiger partial charge in [0.25, 0.3) is 0 Å². The van der Waals surface area contributed by atoms with Crippen molar-refractivity contribution < 1.29 is 0 Å². The number of rotatable bonds is 5. The van der Waals surface area contributed by atoms with Gasteiger partial charge in [-0.1, -0.05) is 30.3 Å². The van der Waals surface area contributed by atoms with Gasteiger partial charge in [-0.15, -0.1) is 10.2 Å². The van der Waals surface area contributed by atoms with Crippen LogP contribution < -0.4 is 4.90 Å². The first-order valence-corrected chi connectivity index (χ1v) is 8.38. The van der Waals surface area contributed by atoms with E-state index in [4.69, 9.17) is 5.26 Å². The van der Waals surface area contributed by atoms with Gasteiger partial charge in [0.1, 0.15) is 6.07 Å². The molecule has 1 aromatic carbocycles. The normalized spacial score (nSPS) is 17.7. The van der Waals surface area contributed by atoms with E-state index in [2.05, 4.69) is 45.4 Å². The standard InChI is InChI=1S/C19H22N4/c20-14-18-11-12-19(22-21-18)23-13-5-10-17(15-23)9-4-8-16-6-2-1-3-7-16/h1-3,6-7,11-12,17H,4-5,8-10,13,15H2. The van der Waals surface area contributed by atoms with Crippen LogP contribution in [0.4, 0.5) is 5.82 Å². The maximum absolute atomic E-state index is 8.81. The Bertz CT molecular complexity index is 645. The van der Waals surface area contributed by atoms with Crippen LogP contribution in [0.1, 0.15) is 36.9 Å². The Labute approximate surface area is 137 Å². The molecule has 2 heterocycles. The zero-order valence-electron chi connectivity index (χ0n) is 13.4. The van der Waals surface area contributed by atoms with Crippen molar-refractivity contribution >= 4 is 5.82 Å². The fourth-order valence-corrected chi connectivity index (χ4v) is 3.30. The third-order valence-corrected chi connectivity index (χ3v) is 4.53. The molecule has 118 valence electrons. The summed E-state index contributed by atoms with van der Waals surface area (Å²) in [6, 6.07) is 16.4.